The maximum absolute atomic E-state index is 5.92. The van der Waals surface area contributed by atoms with E-state index in [9.17, 15) is 0 Å². The quantitative estimate of drug-likeness (QED) is 0.829. The summed E-state index contributed by atoms with van der Waals surface area (Å²) in [5.41, 5.74) is 1.95. The normalized spacial score (nSPS) is 10.6. The molecule has 0 unspecified atom stereocenters. The maximum Gasteiger partial charge on any atom is 0.0737 e. The van der Waals surface area contributed by atoms with Crippen LogP contribution in [-0.2, 0) is 4.74 Å². The molecule has 0 spiro atoms. The summed E-state index contributed by atoms with van der Waals surface area (Å²) in [4.78, 5) is 4.28. The predicted octanol–water partition coefficient (Wildman–Crippen LogP) is 2.95. The third kappa shape index (κ3) is 2.43. The first-order valence-corrected chi connectivity index (χ1v) is 5.46. The number of methoxy groups -OCH3 is 1. The number of halogens is 1. The summed E-state index contributed by atoms with van der Waals surface area (Å²) in [7, 11) is 1.69. The Morgan fingerprint density at radius 2 is 2.25 bits per heavy atom. The van der Waals surface area contributed by atoms with Crippen molar-refractivity contribution >= 4 is 28.2 Å². The molecule has 0 fully saturated rings. The van der Waals surface area contributed by atoms with Crippen molar-refractivity contribution in [2.75, 3.05) is 25.6 Å². The molecule has 0 radical (unpaired) electrons. The fourth-order valence-corrected chi connectivity index (χ4v) is 1.73. The molecule has 2 rings (SSSR count). The highest BCUT2D eigenvalue weighted by Crippen LogP contribution is 2.23. The van der Waals surface area contributed by atoms with E-state index in [2.05, 4.69) is 10.3 Å². The van der Waals surface area contributed by atoms with Gasteiger partial charge in [0.05, 0.1) is 12.1 Å². The van der Waals surface area contributed by atoms with Crippen LogP contribution in [0.2, 0.25) is 5.02 Å². The number of nitrogens with one attached hydrogen (secondary N) is 1. The first-order chi connectivity index (χ1) is 7.81. The fourth-order valence-electron chi connectivity index (χ4n) is 1.56. The van der Waals surface area contributed by atoms with Gasteiger partial charge in [0.1, 0.15) is 0 Å². The summed E-state index contributed by atoms with van der Waals surface area (Å²) >= 11 is 5.92. The topological polar surface area (TPSA) is 34.1 Å². The van der Waals surface area contributed by atoms with Crippen molar-refractivity contribution in [2.45, 2.75) is 0 Å². The number of fused-ring (bicyclic) bond motifs is 1. The highest BCUT2D eigenvalue weighted by molar-refractivity contribution is 6.31. The van der Waals surface area contributed by atoms with Crippen molar-refractivity contribution in [1.82, 2.24) is 4.98 Å². The summed E-state index contributed by atoms with van der Waals surface area (Å²) in [5, 5.41) is 5.07. The summed E-state index contributed by atoms with van der Waals surface area (Å²) in [6.45, 7) is 1.45. The summed E-state index contributed by atoms with van der Waals surface area (Å²) < 4.78 is 5.00. The van der Waals surface area contributed by atoms with Crippen LogP contribution in [0.1, 0.15) is 0 Å². The predicted molar refractivity (Wildman–Crippen MR) is 67.1 cm³/mol. The number of hydrogen-bond donors (Lipinski definition) is 1. The zero-order valence-corrected chi connectivity index (χ0v) is 9.79. The van der Waals surface area contributed by atoms with E-state index in [-0.39, 0.29) is 0 Å². The van der Waals surface area contributed by atoms with Crippen LogP contribution in [-0.4, -0.2) is 25.2 Å². The molecule has 0 amide bonds. The minimum Gasteiger partial charge on any atom is -0.383 e. The number of ether oxygens (including phenoxy) is 1. The summed E-state index contributed by atoms with van der Waals surface area (Å²) in [6.07, 6.45) is 1.77. The van der Waals surface area contributed by atoms with Gasteiger partial charge in [0.15, 0.2) is 0 Å². The zero-order chi connectivity index (χ0) is 11.4. The first kappa shape index (κ1) is 11.2. The number of rotatable bonds is 4. The number of anilines is 1. The molecule has 84 valence electrons. The van der Waals surface area contributed by atoms with Crippen LogP contribution in [0, 0.1) is 0 Å². The van der Waals surface area contributed by atoms with E-state index in [4.69, 9.17) is 16.3 Å². The molecule has 1 aromatic heterocycles. The highest BCUT2D eigenvalue weighted by atomic mass is 35.5. The Labute approximate surface area is 99.4 Å². The number of hydrogen-bond acceptors (Lipinski definition) is 3. The molecule has 0 saturated heterocycles. The molecule has 1 heterocycles. The molecule has 16 heavy (non-hydrogen) atoms. The third-order valence-corrected chi connectivity index (χ3v) is 2.56. The van der Waals surface area contributed by atoms with E-state index in [1.807, 2.05) is 24.3 Å². The Morgan fingerprint density at radius 1 is 1.38 bits per heavy atom. The van der Waals surface area contributed by atoms with Crippen LogP contribution < -0.4 is 5.32 Å². The average molecular weight is 237 g/mol. The van der Waals surface area contributed by atoms with Crippen molar-refractivity contribution < 1.29 is 4.74 Å². The Kier molecular flexibility index (Phi) is 3.59. The summed E-state index contributed by atoms with van der Waals surface area (Å²) in [6, 6.07) is 7.65. The zero-order valence-electron chi connectivity index (χ0n) is 9.03. The number of aromatic nitrogens is 1. The van der Waals surface area contributed by atoms with Gasteiger partial charge < -0.3 is 10.1 Å². The third-order valence-electron chi connectivity index (χ3n) is 2.33. The van der Waals surface area contributed by atoms with Gasteiger partial charge in [0.25, 0.3) is 0 Å². The van der Waals surface area contributed by atoms with Gasteiger partial charge >= 0.3 is 0 Å². The Hall–Kier alpha value is -1.32. The molecule has 0 saturated carbocycles. The van der Waals surface area contributed by atoms with Crippen LogP contribution in [0.25, 0.3) is 10.9 Å². The lowest BCUT2D eigenvalue weighted by Crippen LogP contribution is -2.07. The number of pyridine rings is 1. The lowest BCUT2D eigenvalue weighted by atomic mass is 10.2. The van der Waals surface area contributed by atoms with Gasteiger partial charge in [0.2, 0.25) is 0 Å². The van der Waals surface area contributed by atoms with Crippen LogP contribution >= 0.6 is 11.6 Å². The van der Waals surface area contributed by atoms with Gasteiger partial charge in [-0.25, -0.2) is 0 Å². The molecule has 0 aliphatic heterocycles. The fraction of sp³-hybridized carbons (Fsp3) is 0.250. The molecular formula is C12H13ClN2O. The van der Waals surface area contributed by atoms with Crippen LogP contribution in [0.5, 0.6) is 0 Å². The van der Waals surface area contributed by atoms with Crippen molar-refractivity contribution in [2.24, 2.45) is 0 Å². The minimum absolute atomic E-state index is 0.678. The van der Waals surface area contributed by atoms with Crippen LogP contribution in [0.3, 0.4) is 0 Å². The highest BCUT2D eigenvalue weighted by Gasteiger charge is 2.01. The first-order valence-electron chi connectivity index (χ1n) is 5.08. The van der Waals surface area contributed by atoms with Crippen LogP contribution in [0.15, 0.2) is 30.5 Å². The lowest BCUT2D eigenvalue weighted by Gasteiger charge is -2.08. The van der Waals surface area contributed by atoms with Gasteiger partial charge in [0, 0.05) is 35.9 Å². The van der Waals surface area contributed by atoms with Gasteiger partial charge in [-0.05, 0) is 24.3 Å². The Balaban J connectivity index is 2.30. The minimum atomic E-state index is 0.678. The molecule has 2 aromatic rings. The largest absolute Gasteiger partial charge is 0.383 e. The second-order valence-electron chi connectivity index (χ2n) is 3.44. The van der Waals surface area contributed by atoms with Gasteiger partial charge in [-0.1, -0.05) is 11.6 Å². The Morgan fingerprint density at radius 3 is 3.06 bits per heavy atom. The van der Waals surface area contributed by atoms with E-state index in [1.54, 1.807) is 13.3 Å². The van der Waals surface area contributed by atoms with Crippen molar-refractivity contribution in [1.29, 1.82) is 0 Å². The Bertz CT molecular complexity index is 487. The van der Waals surface area contributed by atoms with Gasteiger partial charge in [-0.2, -0.15) is 0 Å². The molecule has 4 heteroatoms. The smallest absolute Gasteiger partial charge is 0.0737 e. The standard InChI is InChI=1S/C12H13ClN2O/c1-16-7-6-15-11-4-5-14-12-8-9(13)2-3-10(11)12/h2-5,8H,6-7H2,1H3,(H,14,15). The van der Waals surface area contributed by atoms with Gasteiger partial charge in [-0.3, -0.25) is 4.98 Å². The van der Waals surface area contributed by atoms with E-state index in [0.717, 1.165) is 23.1 Å². The van der Waals surface area contributed by atoms with Crippen molar-refractivity contribution in [3.63, 3.8) is 0 Å². The van der Waals surface area contributed by atoms with E-state index < -0.39 is 0 Å². The average Bonchev–Trinajstić information content (AvgIpc) is 2.29. The molecule has 0 aliphatic rings. The molecule has 3 nitrogen and oxygen atoms in total. The monoisotopic (exact) mass is 236 g/mol. The number of benzene rings is 1. The number of nitrogens with zero attached hydrogens (tertiary/aromatic N) is 1. The molecule has 0 atom stereocenters. The van der Waals surface area contributed by atoms with E-state index in [0.29, 0.717) is 11.6 Å². The van der Waals surface area contributed by atoms with Crippen LogP contribution in [0.4, 0.5) is 5.69 Å². The van der Waals surface area contributed by atoms with Gasteiger partial charge in [-0.15, -0.1) is 0 Å². The molecule has 1 aromatic carbocycles. The lowest BCUT2D eigenvalue weighted by molar-refractivity contribution is 0.211. The second-order valence-corrected chi connectivity index (χ2v) is 3.88. The molecule has 0 aliphatic carbocycles. The van der Waals surface area contributed by atoms with Crippen molar-refractivity contribution in [3.05, 3.63) is 35.5 Å². The van der Waals surface area contributed by atoms with Crippen molar-refractivity contribution in [3.8, 4) is 0 Å². The SMILES string of the molecule is COCCNc1ccnc2cc(Cl)ccc12. The van der Waals surface area contributed by atoms with E-state index >= 15 is 0 Å². The molecule has 0 bridgehead atoms. The molecule has 1 N–H and O–H groups in total. The van der Waals surface area contributed by atoms with E-state index in [1.165, 1.54) is 0 Å². The second kappa shape index (κ2) is 5.14. The summed E-state index contributed by atoms with van der Waals surface area (Å²) in [5.74, 6) is 0. The maximum atomic E-state index is 5.92. The molecular weight excluding hydrogens is 224 g/mol.